The summed E-state index contributed by atoms with van der Waals surface area (Å²) in [6.45, 7) is 1.05. The largest absolute Gasteiger partial charge is 0.448 e. The van der Waals surface area contributed by atoms with Gasteiger partial charge in [0.25, 0.3) is 0 Å². The summed E-state index contributed by atoms with van der Waals surface area (Å²) in [5.74, 6) is 0.939. The SMILES string of the molecule is C1=CN(c2ccco2)CC1. The van der Waals surface area contributed by atoms with Crippen molar-refractivity contribution in [3.05, 3.63) is 30.7 Å². The van der Waals surface area contributed by atoms with Gasteiger partial charge in [-0.2, -0.15) is 0 Å². The molecule has 0 saturated carbocycles. The maximum atomic E-state index is 5.19. The quantitative estimate of drug-likeness (QED) is 0.585. The second-order valence-corrected chi connectivity index (χ2v) is 2.32. The molecule has 0 saturated heterocycles. The highest BCUT2D eigenvalue weighted by Crippen LogP contribution is 2.18. The van der Waals surface area contributed by atoms with Gasteiger partial charge in [-0.3, -0.25) is 0 Å². The predicted octanol–water partition coefficient (Wildman–Crippen LogP) is 2.00. The van der Waals surface area contributed by atoms with Crippen LogP contribution in [-0.2, 0) is 0 Å². The third kappa shape index (κ3) is 0.817. The molecule has 0 unspecified atom stereocenters. The number of hydrogen-bond donors (Lipinski definition) is 0. The first-order chi connectivity index (χ1) is 4.97. The molecule has 2 rings (SSSR count). The molecule has 0 amide bonds. The molecule has 52 valence electrons. The van der Waals surface area contributed by atoms with Gasteiger partial charge >= 0.3 is 0 Å². The molecule has 0 bridgehead atoms. The minimum absolute atomic E-state index is 0.939. The van der Waals surface area contributed by atoms with E-state index >= 15 is 0 Å². The molecule has 10 heavy (non-hydrogen) atoms. The van der Waals surface area contributed by atoms with Crippen molar-refractivity contribution in [1.82, 2.24) is 0 Å². The van der Waals surface area contributed by atoms with E-state index in [0.29, 0.717) is 0 Å². The zero-order chi connectivity index (χ0) is 6.81. The monoisotopic (exact) mass is 135 g/mol. The fraction of sp³-hybridized carbons (Fsp3) is 0.250. The number of hydrogen-bond acceptors (Lipinski definition) is 2. The summed E-state index contributed by atoms with van der Waals surface area (Å²) in [5.41, 5.74) is 0. The van der Waals surface area contributed by atoms with Crippen LogP contribution in [0.5, 0.6) is 0 Å². The molecule has 1 aliphatic heterocycles. The molecular weight excluding hydrogens is 126 g/mol. The Morgan fingerprint density at radius 3 is 3.10 bits per heavy atom. The summed E-state index contributed by atoms with van der Waals surface area (Å²) >= 11 is 0. The van der Waals surface area contributed by atoms with Gasteiger partial charge in [0.2, 0.25) is 0 Å². The van der Waals surface area contributed by atoms with Gasteiger partial charge in [-0.1, -0.05) is 6.08 Å². The lowest BCUT2D eigenvalue weighted by Gasteiger charge is -2.09. The Morgan fingerprint density at radius 2 is 2.50 bits per heavy atom. The lowest BCUT2D eigenvalue weighted by atomic mass is 10.5. The van der Waals surface area contributed by atoms with E-state index < -0.39 is 0 Å². The van der Waals surface area contributed by atoms with Gasteiger partial charge < -0.3 is 9.32 Å². The van der Waals surface area contributed by atoms with E-state index in [1.165, 1.54) is 0 Å². The van der Waals surface area contributed by atoms with Crippen molar-refractivity contribution in [2.75, 3.05) is 11.4 Å². The van der Waals surface area contributed by atoms with Gasteiger partial charge in [0.05, 0.1) is 6.26 Å². The van der Waals surface area contributed by atoms with Crippen LogP contribution in [-0.4, -0.2) is 6.54 Å². The number of furan rings is 1. The zero-order valence-electron chi connectivity index (χ0n) is 5.66. The summed E-state index contributed by atoms with van der Waals surface area (Å²) in [7, 11) is 0. The Hall–Kier alpha value is -1.18. The Morgan fingerprint density at radius 1 is 1.50 bits per heavy atom. The maximum absolute atomic E-state index is 5.19. The second-order valence-electron chi connectivity index (χ2n) is 2.32. The minimum atomic E-state index is 0.939. The third-order valence-corrected chi connectivity index (χ3v) is 1.61. The molecule has 2 nitrogen and oxygen atoms in total. The molecule has 1 aliphatic rings. The molecule has 0 N–H and O–H groups in total. The fourth-order valence-corrected chi connectivity index (χ4v) is 1.11. The van der Waals surface area contributed by atoms with Crippen LogP contribution >= 0.6 is 0 Å². The van der Waals surface area contributed by atoms with Gasteiger partial charge in [-0.05, 0) is 12.5 Å². The van der Waals surface area contributed by atoms with Gasteiger partial charge in [0, 0.05) is 18.8 Å². The first-order valence-corrected chi connectivity index (χ1v) is 3.43. The third-order valence-electron chi connectivity index (χ3n) is 1.61. The average molecular weight is 135 g/mol. The summed E-state index contributed by atoms with van der Waals surface area (Å²) in [5, 5.41) is 0. The molecule has 2 heteroatoms. The van der Waals surface area contributed by atoms with Crippen molar-refractivity contribution in [2.24, 2.45) is 0 Å². The van der Waals surface area contributed by atoms with Crippen LogP contribution in [0.1, 0.15) is 6.42 Å². The fourth-order valence-electron chi connectivity index (χ4n) is 1.11. The normalized spacial score (nSPS) is 16.6. The van der Waals surface area contributed by atoms with Crippen LogP contribution in [0.15, 0.2) is 35.1 Å². The molecule has 0 atom stereocenters. The molecule has 0 radical (unpaired) electrons. The number of anilines is 1. The van der Waals surface area contributed by atoms with Crippen molar-refractivity contribution < 1.29 is 4.42 Å². The highest BCUT2D eigenvalue weighted by molar-refractivity contribution is 5.40. The van der Waals surface area contributed by atoms with Gasteiger partial charge in [0.15, 0.2) is 5.88 Å². The standard InChI is InChI=1S/C8H9NO/c1-2-6-9(5-1)8-4-3-7-10-8/h1,3-5,7H,2,6H2. The zero-order valence-corrected chi connectivity index (χ0v) is 5.66. The molecule has 0 fully saturated rings. The van der Waals surface area contributed by atoms with Gasteiger partial charge in [-0.15, -0.1) is 0 Å². The number of nitrogens with zero attached hydrogens (tertiary/aromatic N) is 1. The van der Waals surface area contributed by atoms with Crippen LogP contribution in [0.4, 0.5) is 5.88 Å². The first kappa shape index (κ1) is 5.59. The Bertz CT molecular complexity index is 225. The average Bonchev–Trinajstić information content (AvgIpc) is 2.59. The van der Waals surface area contributed by atoms with E-state index in [2.05, 4.69) is 17.2 Å². The lowest BCUT2D eigenvalue weighted by molar-refractivity contribution is 0.564. The molecule has 2 heterocycles. The summed E-state index contributed by atoms with van der Waals surface area (Å²) in [4.78, 5) is 2.10. The Kier molecular flexibility index (Phi) is 1.24. The van der Waals surface area contributed by atoms with Crippen LogP contribution in [0.2, 0.25) is 0 Å². The van der Waals surface area contributed by atoms with Gasteiger partial charge in [0.1, 0.15) is 0 Å². The van der Waals surface area contributed by atoms with Crippen molar-refractivity contribution in [1.29, 1.82) is 0 Å². The van der Waals surface area contributed by atoms with E-state index in [4.69, 9.17) is 4.42 Å². The van der Waals surface area contributed by atoms with E-state index in [9.17, 15) is 0 Å². The molecule has 0 aliphatic carbocycles. The topological polar surface area (TPSA) is 16.4 Å². The summed E-state index contributed by atoms with van der Waals surface area (Å²) in [6.07, 6.45) is 7.02. The molecular formula is C8H9NO. The molecule has 1 aromatic heterocycles. The van der Waals surface area contributed by atoms with Crippen LogP contribution in [0.3, 0.4) is 0 Å². The summed E-state index contributed by atoms with van der Waals surface area (Å²) in [6, 6.07) is 3.87. The van der Waals surface area contributed by atoms with Crippen molar-refractivity contribution in [2.45, 2.75) is 6.42 Å². The smallest absolute Gasteiger partial charge is 0.199 e. The molecule has 0 spiro atoms. The summed E-state index contributed by atoms with van der Waals surface area (Å²) < 4.78 is 5.19. The van der Waals surface area contributed by atoms with Crippen molar-refractivity contribution in [3.63, 3.8) is 0 Å². The van der Waals surface area contributed by atoms with E-state index in [0.717, 1.165) is 18.8 Å². The van der Waals surface area contributed by atoms with E-state index in [1.54, 1.807) is 6.26 Å². The second kappa shape index (κ2) is 2.21. The Labute approximate surface area is 59.7 Å². The van der Waals surface area contributed by atoms with Crippen LogP contribution < -0.4 is 4.90 Å². The molecule has 1 aromatic rings. The van der Waals surface area contributed by atoms with E-state index in [-0.39, 0.29) is 0 Å². The lowest BCUT2D eigenvalue weighted by Crippen LogP contribution is -2.10. The molecule has 0 aromatic carbocycles. The maximum Gasteiger partial charge on any atom is 0.199 e. The van der Waals surface area contributed by atoms with Crippen LogP contribution in [0, 0.1) is 0 Å². The van der Waals surface area contributed by atoms with Crippen molar-refractivity contribution >= 4 is 5.88 Å². The van der Waals surface area contributed by atoms with Crippen molar-refractivity contribution in [3.8, 4) is 0 Å². The highest BCUT2D eigenvalue weighted by atomic mass is 16.3. The van der Waals surface area contributed by atoms with Crippen LogP contribution in [0.25, 0.3) is 0 Å². The predicted molar refractivity (Wildman–Crippen MR) is 39.8 cm³/mol. The van der Waals surface area contributed by atoms with E-state index in [1.807, 2.05) is 12.1 Å². The number of rotatable bonds is 1. The highest BCUT2D eigenvalue weighted by Gasteiger charge is 2.07. The first-order valence-electron chi connectivity index (χ1n) is 3.43. The Balaban J connectivity index is 2.20. The van der Waals surface area contributed by atoms with Gasteiger partial charge in [-0.25, -0.2) is 0 Å². The minimum Gasteiger partial charge on any atom is -0.448 e.